The van der Waals surface area contributed by atoms with E-state index < -0.39 is 0 Å². The maximum Gasteiger partial charge on any atom is 0.104 e. The van der Waals surface area contributed by atoms with E-state index in [9.17, 15) is 5.26 Å². The summed E-state index contributed by atoms with van der Waals surface area (Å²) in [6.45, 7) is 1.93. The molecule has 0 saturated carbocycles. The van der Waals surface area contributed by atoms with Crippen molar-refractivity contribution in [1.29, 1.82) is 5.26 Å². The summed E-state index contributed by atoms with van der Waals surface area (Å²) < 4.78 is 0. The van der Waals surface area contributed by atoms with Crippen LogP contribution in [0.25, 0.3) is 10.9 Å². The van der Waals surface area contributed by atoms with Crippen LogP contribution >= 0.6 is 0 Å². The molecule has 0 unspecified atom stereocenters. The first-order valence-electron chi connectivity index (χ1n) is 5.11. The van der Waals surface area contributed by atoms with Gasteiger partial charge in [0.1, 0.15) is 11.6 Å². The summed E-state index contributed by atoms with van der Waals surface area (Å²) in [5.74, 6) is 0. The first kappa shape index (κ1) is 10.4. The average molecular weight is 211 g/mol. The van der Waals surface area contributed by atoms with Gasteiger partial charge in [0.2, 0.25) is 0 Å². The summed E-state index contributed by atoms with van der Waals surface area (Å²) in [5, 5.41) is 10.2. The quantitative estimate of drug-likeness (QED) is 0.727. The summed E-state index contributed by atoms with van der Waals surface area (Å²) in [5.41, 5.74) is 3.27. The Morgan fingerprint density at radius 2 is 1.88 bits per heavy atom. The molecule has 2 rings (SSSR count). The number of nitrogens with zero attached hydrogens (tertiary/aromatic N) is 3. The summed E-state index contributed by atoms with van der Waals surface area (Å²) in [6.07, 6.45) is 0. The lowest BCUT2D eigenvalue weighted by atomic mass is 10.1. The Hall–Kier alpha value is -2.08. The van der Waals surface area contributed by atoms with E-state index in [1.54, 1.807) is 0 Å². The standard InChI is InChI=1S/C13H13N3/c1-9-4-5-10-6-7-12(16(2)3)11(8-14)13(10)15-9/h4-7H,1-3H3. The van der Waals surface area contributed by atoms with E-state index in [2.05, 4.69) is 11.1 Å². The van der Waals surface area contributed by atoms with Gasteiger partial charge in [-0.15, -0.1) is 0 Å². The predicted molar refractivity (Wildman–Crippen MR) is 65.5 cm³/mol. The molecule has 0 spiro atoms. The van der Waals surface area contributed by atoms with Crippen LogP contribution < -0.4 is 4.90 Å². The highest BCUT2D eigenvalue weighted by molar-refractivity contribution is 5.89. The van der Waals surface area contributed by atoms with Gasteiger partial charge in [0, 0.05) is 25.2 Å². The Labute approximate surface area is 94.9 Å². The van der Waals surface area contributed by atoms with Crippen LogP contribution in [-0.2, 0) is 0 Å². The Balaban J connectivity index is 2.85. The van der Waals surface area contributed by atoms with Crippen molar-refractivity contribution in [2.75, 3.05) is 19.0 Å². The summed E-state index contributed by atoms with van der Waals surface area (Å²) in [4.78, 5) is 6.37. The van der Waals surface area contributed by atoms with Gasteiger partial charge in [-0.3, -0.25) is 4.98 Å². The van der Waals surface area contributed by atoms with Crippen LogP contribution in [0.2, 0.25) is 0 Å². The minimum atomic E-state index is 0.645. The van der Waals surface area contributed by atoms with Crippen molar-refractivity contribution in [2.24, 2.45) is 0 Å². The van der Waals surface area contributed by atoms with Gasteiger partial charge < -0.3 is 4.90 Å². The van der Waals surface area contributed by atoms with E-state index >= 15 is 0 Å². The van der Waals surface area contributed by atoms with E-state index in [1.165, 1.54) is 0 Å². The van der Waals surface area contributed by atoms with Gasteiger partial charge in [-0.2, -0.15) is 5.26 Å². The Morgan fingerprint density at radius 3 is 2.50 bits per heavy atom. The molecule has 2 aromatic rings. The predicted octanol–water partition coefficient (Wildman–Crippen LogP) is 2.48. The molecule has 0 saturated heterocycles. The largest absolute Gasteiger partial charge is 0.377 e. The highest BCUT2D eigenvalue weighted by Crippen LogP contribution is 2.25. The molecule has 0 radical (unpaired) electrons. The molecule has 0 N–H and O–H groups in total. The van der Waals surface area contributed by atoms with Crippen LogP contribution in [0.4, 0.5) is 5.69 Å². The van der Waals surface area contributed by atoms with Crippen molar-refractivity contribution < 1.29 is 0 Å². The topological polar surface area (TPSA) is 39.9 Å². The highest BCUT2D eigenvalue weighted by Gasteiger charge is 2.09. The lowest BCUT2D eigenvalue weighted by Crippen LogP contribution is -2.10. The van der Waals surface area contributed by atoms with Crippen LogP contribution in [0.1, 0.15) is 11.3 Å². The number of hydrogen-bond acceptors (Lipinski definition) is 3. The molecule has 0 fully saturated rings. The second-order valence-electron chi connectivity index (χ2n) is 3.99. The van der Waals surface area contributed by atoms with Crippen molar-refractivity contribution in [2.45, 2.75) is 6.92 Å². The first-order valence-corrected chi connectivity index (χ1v) is 5.11. The van der Waals surface area contributed by atoms with Gasteiger partial charge in [0.05, 0.1) is 11.2 Å². The van der Waals surface area contributed by atoms with Gasteiger partial charge >= 0.3 is 0 Å². The fourth-order valence-electron chi connectivity index (χ4n) is 1.76. The fourth-order valence-corrected chi connectivity index (χ4v) is 1.76. The second-order valence-corrected chi connectivity index (χ2v) is 3.99. The van der Waals surface area contributed by atoms with Crippen LogP contribution in [0.15, 0.2) is 24.3 Å². The SMILES string of the molecule is Cc1ccc2ccc(N(C)C)c(C#N)c2n1. The minimum Gasteiger partial charge on any atom is -0.377 e. The van der Waals surface area contributed by atoms with Gasteiger partial charge in [0.25, 0.3) is 0 Å². The van der Waals surface area contributed by atoms with Crippen molar-refractivity contribution in [3.63, 3.8) is 0 Å². The van der Waals surface area contributed by atoms with Crippen molar-refractivity contribution in [3.8, 4) is 6.07 Å². The van der Waals surface area contributed by atoms with E-state index in [4.69, 9.17) is 0 Å². The average Bonchev–Trinajstić information content (AvgIpc) is 2.27. The van der Waals surface area contributed by atoms with Crippen molar-refractivity contribution >= 4 is 16.6 Å². The van der Waals surface area contributed by atoms with Gasteiger partial charge in [-0.25, -0.2) is 0 Å². The van der Waals surface area contributed by atoms with Gasteiger partial charge in [-0.1, -0.05) is 12.1 Å². The number of aryl methyl sites for hydroxylation is 1. The van der Waals surface area contributed by atoms with Crippen LogP contribution in [0.5, 0.6) is 0 Å². The van der Waals surface area contributed by atoms with Crippen LogP contribution in [-0.4, -0.2) is 19.1 Å². The molecule has 0 bridgehead atoms. The third-order valence-corrected chi connectivity index (χ3v) is 2.57. The number of anilines is 1. The zero-order chi connectivity index (χ0) is 11.7. The number of hydrogen-bond donors (Lipinski definition) is 0. The Bertz CT molecular complexity index is 579. The van der Waals surface area contributed by atoms with Crippen LogP contribution in [0, 0.1) is 18.3 Å². The molecule has 0 amide bonds. The zero-order valence-corrected chi connectivity index (χ0v) is 9.65. The maximum atomic E-state index is 9.24. The normalized spacial score (nSPS) is 10.1. The third-order valence-electron chi connectivity index (χ3n) is 2.57. The molecule has 0 aliphatic heterocycles. The van der Waals surface area contributed by atoms with Gasteiger partial charge in [-0.05, 0) is 19.1 Å². The maximum absolute atomic E-state index is 9.24. The molecule has 3 nitrogen and oxygen atoms in total. The second kappa shape index (κ2) is 3.82. The third kappa shape index (κ3) is 1.59. The number of aromatic nitrogens is 1. The summed E-state index contributed by atoms with van der Waals surface area (Å²) in [7, 11) is 3.86. The van der Waals surface area contributed by atoms with E-state index in [0.29, 0.717) is 5.56 Å². The number of benzene rings is 1. The number of nitriles is 1. The van der Waals surface area contributed by atoms with E-state index in [0.717, 1.165) is 22.3 Å². The molecule has 80 valence electrons. The smallest absolute Gasteiger partial charge is 0.104 e. The van der Waals surface area contributed by atoms with Crippen molar-refractivity contribution in [3.05, 3.63) is 35.5 Å². The molecule has 1 heterocycles. The summed E-state index contributed by atoms with van der Waals surface area (Å²) in [6, 6.07) is 10.2. The lowest BCUT2D eigenvalue weighted by Gasteiger charge is -2.15. The first-order chi connectivity index (χ1) is 7.63. The van der Waals surface area contributed by atoms with Crippen molar-refractivity contribution in [1.82, 2.24) is 4.98 Å². The number of fused-ring (bicyclic) bond motifs is 1. The van der Waals surface area contributed by atoms with Gasteiger partial charge in [0.15, 0.2) is 0 Å². The monoisotopic (exact) mass is 211 g/mol. The molecule has 1 aromatic heterocycles. The molecular formula is C13H13N3. The molecule has 0 atom stereocenters. The fraction of sp³-hybridized carbons (Fsp3) is 0.231. The van der Waals surface area contributed by atoms with Crippen LogP contribution in [0.3, 0.4) is 0 Å². The molecular weight excluding hydrogens is 198 g/mol. The number of rotatable bonds is 1. The lowest BCUT2D eigenvalue weighted by molar-refractivity contribution is 1.12. The summed E-state index contributed by atoms with van der Waals surface area (Å²) >= 11 is 0. The molecule has 16 heavy (non-hydrogen) atoms. The Kier molecular flexibility index (Phi) is 2.49. The van der Waals surface area contributed by atoms with E-state index in [-0.39, 0.29) is 0 Å². The molecule has 0 aliphatic rings. The molecule has 0 aliphatic carbocycles. The van der Waals surface area contributed by atoms with E-state index in [1.807, 2.05) is 50.2 Å². The molecule has 1 aromatic carbocycles. The Morgan fingerprint density at radius 1 is 1.19 bits per heavy atom. The number of pyridine rings is 1. The minimum absolute atomic E-state index is 0.645. The highest BCUT2D eigenvalue weighted by atomic mass is 15.1. The molecule has 3 heteroatoms. The zero-order valence-electron chi connectivity index (χ0n) is 9.65.